The van der Waals surface area contributed by atoms with E-state index in [1.807, 2.05) is 33.3 Å². The summed E-state index contributed by atoms with van der Waals surface area (Å²) in [4.78, 5) is 37.7. The summed E-state index contributed by atoms with van der Waals surface area (Å²) in [7, 11) is 1.46. The second kappa shape index (κ2) is 57.2. The number of carbonyl (C=O) groups excluding carboxylic acids is 2. The van der Waals surface area contributed by atoms with Crippen molar-refractivity contribution in [3.63, 3.8) is 0 Å². The first-order valence-corrected chi connectivity index (χ1v) is 33.6. The molecule has 0 heterocycles. The number of phosphoric acid groups is 1. The number of allylic oxidation sites excluding steroid dienone is 15. The van der Waals surface area contributed by atoms with Crippen molar-refractivity contribution < 1.29 is 37.3 Å². The molecule has 0 fully saturated rings. The van der Waals surface area contributed by atoms with E-state index >= 15 is 0 Å². The third-order valence-electron chi connectivity index (χ3n) is 13.7. The van der Waals surface area contributed by atoms with Crippen LogP contribution in [0, 0.1) is 0 Å². The molecule has 0 aromatic heterocycles. The molecule has 78 heavy (non-hydrogen) atoms. The van der Waals surface area contributed by atoms with Crippen LogP contribution in [0.2, 0.25) is 0 Å². The molecule has 1 amide bonds. The minimum atomic E-state index is -4.47. The van der Waals surface area contributed by atoms with Crippen molar-refractivity contribution in [1.29, 1.82) is 0 Å². The Morgan fingerprint density at radius 3 is 1.22 bits per heavy atom. The van der Waals surface area contributed by atoms with Crippen molar-refractivity contribution in [3.8, 4) is 0 Å². The number of quaternary nitrogens is 1. The number of ether oxygens (including phenoxy) is 1. The summed E-state index contributed by atoms with van der Waals surface area (Å²) in [5.41, 5.74) is 0. The lowest BCUT2D eigenvalue weighted by Gasteiger charge is -2.27. The summed E-state index contributed by atoms with van der Waals surface area (Å²) in [5, 5.41) is 3.04. The number of nitrogens with one attached hydrogen (secondary N) is 1. The van der Waals surface area contributed by atoms with E-state index < -0.39 is 20.0 Å². The summed E-state index contributed by atoms with van der Waals surface area (Å²) < 4.78 is 30.7. The Morgan fingerprint density at radius 2 is 0.795 bits per heavy atom. The molecule has 0 aliphatic carbocycles. The lowest BCUT2D eigenvalue weighted by atomic mass is 10.0. The molecule has 0 bridgehead atoms. The number of unbranched alkanes of at least 4 members (excludes halogenated alkanes) is 27. The zero-order chi connectivity index (χ0) is 57.2. The molecular formula is C68H122N2O7P+. The van der Waals surface area contributed by atoms with E-state index in [9.17, 15) is 19.0 Å². The maximum absolute atomic E-state index is 13.6. The van der Waals surface area contributed by atoms with Crippen molar-refractivity contribution in [2.75, 3.05) is 40.9 Å². The van der Waals surface area contributed by atoms with Crippen molar-refractivity contribution in [2.24, 2.45) is 0 Å². The molecule has 0 aliphatic heterocycles. The summed E-state index contributed by atoms with van der Waals surface area (Å²) >= 11 is 0. The Labute approximate surface area is 481 Å². The van der Waals surface area contributed by atoms with Crippen LogP contribution in [0.1, 0.15) is 271 Å². The number of rotatable bonds is 57. The fraction of sp³-hybridized carbons (Fsp3) is 0.735. The lowest BCUT2D eigenvalue weighted by Crippen LogP contribution is -2.47. The first kappa shape index (κ1) is 74.9. The van der Waals surface area contributed by atoms with Crippen LogP contribution < -0.4 is 5.32 Å². The number of likely N-dealkylation sites (N-methyl/N-ethyl adjacent to an activating group) is 1. The van der Waals surface area contributed by atoms with Gasteiger partial charge in [0.2, 0.25) is 5.91 Å². The number of hydrogen-bond donors (Lipinski definition) is 2. The van der Waals surface area contributed by atoms with Gasteiger partial charge < -0.3 is 19.4 Å². The highest BCUT2D eigenvalue weighted by Crippen LogP contribution is 2.43. The third-order valence-corrected chi connectivity index (χ3v) is 14.7. The Hall–Kier alpha value is -3.07. The zero-order valence-corrected chi connectivity index (χ0v) is 52.3. The maximum Gasteiger partial charge on any atom is 0.472 e. The predicted molar refractivity (Wildman–Crippen MR) is 337 cm³/mol. The van der Waals surface area contributed by atoms with Gasteiger partial charge in [-0.25, -0.2) is 4.57 Å². The van der Waals surface area contributed by atoms with Gasteiger partial charge in [0.1, 0.15) is 19.3 Å². The van der Waals surface area contributed by atoms with E-state index in [4.69, 9.17) is 13.8 Å². The zero-order valence-electron chi connectivity index (χ0n) is 51.4. The summed E-state index contributed by atoms with van der Waals surface area (Å²) in [5.74, 6) is -0.576. The number of hydrogen-bond acceptors (Lipinski definition) is 6. The second-order valence-electron chi connectivity index (χ2n) is 22.6. The van der Waals surface area contributed by atoms with Gasteiger partial charge in [0.15, 0.2) is 0 Å². The highest BCUT2D eigenvalue weighted by atomic mass is 31.2. The van der Waals surface area contributed by atoms with Crippen LogP contribution in [0.25, 0.3) is 0 Å². The van der Waals surface area contributed by atoms with Crippen molar-refractivity contribution in [2.45, 2.75) is 283 Å². The van der Waals surface area contributed by atoms with Crippen molar-refractivity contribution in [1.82, 2.24) is 5.32 Å². The normalized spacial score (nSPS) is 14.3. The molecule has 9 nitrogen and oxygen atoms in total. The van der Waals surface area contributed by atoms with Crippen LogP contribution in [-0.4, -0.2) is 74.3 Å². The van der Waals surface area contributed by atoms with Crippen molar-refractivity contribution in [3.05, 3.63) is 97.2 Å². The van der Waals surface area contributed by atoms with Gasteiger partial charge in [0.25, 0.3) is 0 Å². The molecule has 0 saturated heterocycles. The number of amides is 1. The third kappa shape index (κ3) is 57.6. The first-order valence-electron chi connectivity index (χ1n) is 32.1. The van der Waals surface area contributed by atoms with Crippen LogP contribution in [0.15, 0.2) is 97.2 Å². The summed E-state index contributed by atoms with van der Waals surface area (Å²) in [6.07, 6.45) is 77.0. The molecule has 0 aromatic carbocycles. The largest absolute Gasteiger partial charge is 0.472 e. The van der Waals surface area contributed by atoms with Crippen LogP contribution in [0.5, 0.6) is 0 Å². The molecule has 0 aromatic rings. The number of nitrogens with zero attached hydrogens (tertiary/aromatic N) is 1. The van der Waals surface area contributed by atoms with Crippen LogP contribution in [0.3, 0.4) is 0 Å². The van der Waals surface area contributed by atoms with Crippen LogP contribution in [0.4, 0.5) is 0 Å². The Kier molecular flexibility index (Phi) is 54.9. The molecule has 10 heteroatoms. The van der Waals surface area contributed by atoms with E-state index in [0.29, 0.717) is 23.9 Å². The van der Waals surface area contributed by atoms with Gasteiger partial charge in [0, 0.05) is 12.8 Å². The van der Waals surface area contributed by atoms with Gasteiger partial charge in [-0.15, -0.1) is 0 Å². The number of carbonyl (C=O) groups is 2. The molecular weight excluding hydrogens is 988 g/mol. The highest BCUT2D eigenvalue weighted by molar-refractivity contribution is 7.47. The lowest BCUT2D eigenvalue weighted by molar-refractivity contribution is -0.870. The van der Waals surface area contributed by atoms with Gasteiger partial charge >= 0.3 is 13.8 Å². The molecule has 0 aliphatic rings. The average Bonchev–Trinajstić information content (AvgIpc) is 3.40. The average molecular weight is 1110 g/mol. The highest BCUT2D eigenvalue weighted by Gasteiger charge is 2.30. The van der Waals surface area contributed by atoms with Crippen LogP contribution >= 0.6 is 7.82 Å². The quantitative estimate of drug-likeness (QED) is 0.0205. The first-order chi connectivity index (χ1) is 37.9. The fourth-order valence-corrected chi connectivity index (χ4v) is 9.50. The predicted octanol–water partition coefficient (Wildman–Crippen LogP) is 19.9. The second-order valence-corrected chi connectivity index (χ2v) is 24.0. The van der Waals surface area contributed by atoms with E-state index in [1.165, 1.54) is 141 Å². The smallest absolute Gasteiger partial charge is 0.456 e. The van der Waals surface area contributed by atoms with Gasteiger partial charge in [0.05, 0.1) is 33.8 Å². The standard InChI is InChI=1S/C68H121N2O7P/c1-7-10-13-16-19-22-25-28-30-32-33-34-35-36-37-39-40-42-45-48-51-54-57-60-67(71)69-65(64-76-78(73,74)75-63-62-70(4,5)6)66(59-56-53-50-47-44-27-24-21-18-15-12-9-3)77-68(72)61-58-55-52-49-46-43-41-38-31-29-26-23-20-17-14-11-8-2/h19-20,22-23,28-31,33-34,41,43,49,52,56,59,65-66H,7-18,21,24-27,32,35-40,42,44-48,50-51,53-55,57-58,60-64H2,1-6H3,(H-,69,71,73,74)/p+1/b22-19-,23-20-,30-28-,31-29-,34-33-,43-41-,52-49-,59-56-. The van der Waals surface area contributed by atoms with Gasteiger partial charge in [-0.1, -0.05) is 247 Å². The molecule has 0 rings (SSSR count). The molecule has 450 valence electrons. The molecule has 3 unspecified atom stereocenters. The SMILES string of the molecule is CCCCC/C=C\C/C=C\C/C=C\C/C=C\CCCC(=O)OC(/C=C\CCCCCCCCCCCC)C(COP(=O)(O)OCC[N+](C)(C)C)NC(=O)CCCCCCCCCCCC/C=C\C/C=C\C/C=C\CCCCC. The fourth-order valence-electron chi connectivity index (χ4n) is 8.76. The maximum atomic E-state index is 13.6. The molecule has 3 atom stereocenters. The molecule has 0 spiro atoms. The molecule has 2 N–H and O–H groups in total. The number of phosphoric ester groups is 1. The van der Waals surface area contributed by atoms with E-state index in [-0.39, 0.29) is 31.5 Å². The Balaban J connectivity index is 5.27. The summed E-state index contributed by atoms with van der Waals surface area (Å²) in [6.45, 7) is 6.92. The minimum absolute atomic E-state index is 0.0270. The van der Waals surface area contributed by atoms with E-state index in [0.717, 1.165) is 89.9 Å². The van der Waals surface area contributed by atoms with Crippen molar-refractivity contribution >= 4 is 19.7 Å². The number of esters is 1. The Bertz CT molecular complexity index is 1660. The van der Waals surface area contributed by atoms with E-state index in [1.54, 1.807) is 0 Å². The van der Waals surface area contributed by atoms with Gasteiger partial charge in [-0.3, -0.25) is 18.6 Å². The van der Waals surface area contributed by atoms with Crippen LogP contribution in [-0.2, 0) is 27.9 Å². The monoisotopic (exact) mass is 1110 g/mol. The van der Waals surface area contributed by atoms with E-state index in [2.05, 4.69) is 111 Å². The van der Waals surface area contributed by atoms with Gasteiger partial charge in [-0.2, -0.15) is 0 Å². The Morgan fingerprint density at radius 1 is 0.449 bits per heavy atom. The summed E-state index contributed by atoms with van der Waals surface area (Å²) in [6, 6.07) is -0.878. The topological polar surface area (TPSA) is 111 Å². The van der Waals surface area contributed by atoms with Gasteiger partial charge in [-0.05, 0) is 109 Å². The molecule has 0 saturated carbocycles. The molecule has 0 radical (unpaired) electrons. The minimum Gasteiger partial charge on any atom is -0.456 e.